The van der Waals surface area contributed by atoms with E-state index >= 15 is 0 Å². The summed E-state index contributed by atoms with van der Waals surface area (Å²) in [5.74, 6) is 1.07. The minimum absolute atomic E-state index is 0. The maximum absolute atomic E-state index is 13.0. The number of hydrogen-bond acceptors (Lipinski definition) is 3. The van der Waals surface area contributed by atoms with Crippen molar-refractivity contribution in [3.63, 3.8) is 0 Å². The van der Waals surface area contributed by atoms with Crippen molar-refractivity contribution in [3.8, 4) is 5.69 Å². The van der Waals surface area contributed by atoms with E-state index in [2.05, 4.69) is 34.5 Å². The molecule has 1 amide bonds. The minimum atomic E-state index is 0. The molecule has 1 aliphatic heterocycles. The third kappa shape index (κ3) is 3.64. The number of likely N-dealkylation sites (tertiary alicyclic amines) is 1. The molecule has 2 heterocycles. The molecule has 1 unspecified atom stereocenters. The van der Waals surface area contributed by atoms with E-state index in [1.165, 1.54) is 0 Å². The number of nitrogens with zero attached hydrogens (tertiary/aromatic N) is 4. The molecular formula is C22H27ClN4O. The first-order chi connectivity index (χ1) is 13.1. The van der Waals surface area contributed by atoms with Crippen LogP contribution in [0.1, 0.15) is 29.5 Å². The maximum Gasteiger partial charge on any atom is 0.254 e. The third-order valence-electron chi connectivity index (χ3n) is 5.51. The van der Waals surface area contributed by atoms with Crippen molar-refractivity contribution in [2.45, 2.75) is 26.3 Å². The van der Waals surface area contributed by atoms with Gasteiger partial charge >= 0.3 is 0 Å². The predicted octanol–water partition coefficient (Wildman–Crippen LogP) is 3.92. The summed E-state index contributed by atoms with van der Waals surface area (Å²) >= 11 is 0. The van der Waals surface area contributed by atoms with Crippen LogP contribution in [0.5, 0.6) is 0 Å². The second kappa shape index (κ2) is 8.33. The van der Waals surface area contributed by atoms with Crippen molar-refractivity contribution < 1.29 is 4.79 Å². The van der Waals surface area contributed by atoms with Crippen molar-refractivity contribution in [1.82, 2.24) is 19.4 Å². The van der Waals surface area contributed by atoms with Gasteiger partial charge in [0, 0.05) is 30.4 Å². The molecule has 2 aromatic carbocycles. The van der Waals surface area contributed by atoms with E-state index in [4.69, 9.17) is 0 Å². The highest BCUT2D eigenvalue weighted by atomic mass is 35.5. The first-order valence-electron chi connectivity index (χ1n) is 9.62. The number of carbonyl (C=O) groups is 1. The first kappa shape index (κ1) is 20.4. The average molecular weight is 399 g/mol. The number of carbonyl (C=O) groups excluding carboxylic acids is 1. The van der Waals surface area contributed by atoms with E-state index in [0.717, 1.165) is 54.2 Å². The van der Waals surface area contributed by atoms with Crippen LogP contribution in [0.2, 0.25) is 0 Å². The molecule has 0 radical (unpaired) electrons. The van der Waals surface area contributed by atoms with Crippen LogP contribution < -0.4 is 0 Å². The Balaban J connectivity index is 0.00000225. The Kier molecular flexibility index (Phi) is 6.06. The van der Waals surface area contributed by atoms with Crippen molar-refractivity contribution in [1.29, 1.82) is 0 Å². The first-order valence-corrected chi connectivity index (χ1v) is 9.62. The lowest BCUT2D eigenvalue weighted by atomic mass is 10.1. The van der Waals surface area contributed by atoms with Gasteiger partial charge in [0.05, 0.1) is 11.0 Å². The molecule has 1 fully saturated rings. The molecule has 0 saturated carbocycles. The molecule has 28 heavy (non-hydrogen) atoms. The Morgan fingerprint density at radius 2 is 1.89 bits per heavy atom. The van der Waals surface area contributed by atoms with Crippen molar-refractivity contribution >= 4 is 29.3 Å². The number of hydrogen-bond donors (Lipinski definition) is 0. The number of imidazole rings is 1. The van der Waals surface area contributed by atoms with Crippen LogP contribution in [-0.4, -0.2) is 58.0 Å². The summed E-state index contributed by atoms with van der Waals surface area (Å²) in [6.07, 6.45) is 1.05. The van der Waals surface area contributed by atoms with Gasteiger partial charge in [0.2, 0.25) is 0 Å². The van der Waals surface area contributed by atoms with Gasteiger partial charge in [-0.25, -0.2) is 4.98 Å². The summed E-state index contributed by atoms with van der Waals surface area (Å²) in [4.78, 5) is 22.0. The van der Waals surface area contributed by atoms with Crippen LogP contribution >= 0.6 is 12.4 Å². The number of likely N-dealkylation sites (N-methyl/N-ethyl adjacent to an activating group) is 2. The highest BCUT2D eigenvalue weighted by Gasteiger charge is 2.28. The summed E-state index contributed by atoms with van der Waals surface area (Å²) in [6.45, 7) is 6.82. The van der Waals surface area contributed by atoms with E-state index in [0.29, 0.717) is 6.04 Å². The minimum Gasteiger partial charge on any atom is -0.335 e. The summed E-state index contributed by atoms with van der Waals surface area (Å²) < 4.78 is 2.13. The molecule has 148 valence electrons. The van der Waals surface area contributed by atoms with Gasteiger partial charge in [0.25, 0.3) is 5.91 Å². The van der Waals surface area contributed by atoms with Crippen LogP contribution in [-0.2, 0) is 0 Å². The smallest absolute Gasteiger partial charge is 0.254 e. The quantitative estimate of drug-likeness (QED) is 0.668. The zero-order valence-corrected chi connectivity index (χ0v) is 17.4. The van der Waals surface area contributed by atoms with Crippen molar-refractivity contribution in [2.75, 3.05) is 26.7 Å². The normalized spacial score (nSPS) is 16.9. The fourth-order valence-electron chi connectivity index (χ4n) is 4.13. The number of fused-ring (bicyclic) bond motifs is 1. The number of benzene rings is 2. The maximum atomic E-state index is 13.0. The summed E-state index contributed by atoms with van der Waals surface area (Å²) in [6, 6.07) is 16.3. The number of aromatic nitrogens is 2. The van der Waals surface area contributed by atoms with Gasteiger partial charge in [-0.05, 0) is 70.3 Å². The fraction of sp³-hybridized carbons (Fsp3) is 0.364. The van der Waals surface area contributed by atoms with E-state index in [1.54, 1.807) is 0 Å². The van der Waals surface area contributed by atoms with E-state index in [1.807, 2.05) is 54.3 Å². The largest absolute Gasteiger partial charge is 0.335 e. The van der Waals surface area contributed by atoms with Gasteiger partial charge in [-0.3, -0.25) is 9.36 Å². The second-order valence-corrected chi connectivity index (χ2v) is 7.33. The molecule has 1 aromatic heterocycles. The standard InChI is InChI=1S/C22H26N4O.ClH/c1-4-25(19-13-14-24(3)15-19)22(27)17-9-11-18(12-10-17)26-16(2)23-20-7-5-6-8-21(20)26;/h5-12,19H,4,13-15H2,1-3H3;1H. The zero-order chi connectivity index (χ0) is 19.0. The summed E-state index contributed by atoms with van der Waals surface area (Å²) in [7, 11) is 2.12. The van der Waals surface area contributed by atoms with Gasteiger partial charge in [-0.1, -0.05) is 12.1 Å². The lowest BCUT2D eigenvalue weighted by Gasteiger charge is -2.28. The topological polar surface area (TPSA) is 41.4 Å². The Morgan fingerprint density at radius 3 is 2.54 bits per heavy atom. The van der Waals surface area contributed by atoms with Crippen LogP contribution in [0.25, 0.3) is 16.7 Å². The number of rotatable bonds is 4. The number of halogens is 1. The van der Waals surface area contributed by atoms with Gasteiger partial charge < -0.3 is 9.80 Å². The number of amides is 1. The molecule has 1 atom stereocenters. The lowest BCUT2D eigenvalue weighted by Crippen LogP contribution is -2.41. The fourth-order valence-corrected chi connectivity index (χ4v) is 4.13. The summed E-state index contributed by atoms with van der Waals surface area (Å²) in [5.41, 5.74) is 3.84. The van der Waals surface area contributed by atoms with Gasteiger partial charge in [0.1, 0.15) is 5.82 Å². The number of aryl methyl sites for hydroxylation is 1. The molecule has 5 nitrogen and oxygen atoms in total. The SMILES string of the molecule is CCN(C(=O)c1ccc(-n2c(C)nc3ccccc32)cc1)C1CCN(C)C1.Cl. The van der Waals surface area contributed by atoms with E-state index in [-0.39, 0.29) is 18.3 Å². The predicted molar refractivity (Wildman–Crippen MR) is 116 cm³/mol. The zero-order valence-electron chi connectivity index (χ0n) is 16.6. The molecule has 6 heteroatoms. The molecular weight excluding hydrogens is 372 g/mol. The number of para-hydroxylation sites is 2. The van der Waals surface area contributed by atoms with E-state index in [9.17, 15) is 4.79 Å². The Labute approximate surface area is 172 Å². The van der Waals surface area contributed by atoms with E-state index < -0.39 is 0 Å². The molecule has 3 aromatic rings. The second-order valence-electron chi connectivity index (χ2n) is 7.33. The van der Waals surface area contributed by atoms with Crippen LogP contribution in [0.15, 0.2) is 48.5 Å². The molecule has 0 bridgehead atoms. The lowest BCUT2D eigenvalue weighted by molar-refractivity contribution is 0.0696. The Morgan fingerprint density at radius 1 is 1.18 bits per heavy atom. The Bertz CT molecular complexity index is 966. The molecule has 1 aliphatic rings. The van der Waals surface area contributed by atoms with Gasteiger partial charge in [-0.2, -0.15) is 0 Å². The third-order valence-corrected chi connectivity index (χ3v) is 5.51. The van der Waals surface area contributed by atoms with Crippen molar-refractivity contribution in [3.05, 3.63) is 59.9 Å². The highest BCUT2D eigenvalue weighted by Crippen LogP contribution is 2.22. The van der Waals surface area contributed by atoms with Crippen LogP contribution in [0, 0.1) is 6.92 Å². The van der Waals surface area contributed by atoms with Crippen LogP contribution in [0.4, 0.5) is 0 Å². The summed E-state index contributed by atoms with van der Waals surface area (Å²) in [5, 5.41) is 0. The van der Waals surface area contributed by atoms with Gasteiger partial charge in [-0.15, -0.1) is 12.4 Å². The molecule has 0 spiro atoms. The van der Waals surface area contributed by atoms with Crippen LogP contribution in [0.3, 0.4) is 0 Å². The monoisotopic (exact) mass is 398 g/mol. The molecule has 4 rings (SSSR count). The highest BCUT2D eigenvalue weighted by molar-refractivity contribution is 5.94. The Hall–Kier alpha value is -2.37. The molecule has 1 saturated heterocycles. The van der Waals surface area contributed by atoms with Crippen molar-refractivity contribution in [2.24, 2.45) is 0 Å². The average Bonchev–Trinajstić information content (AvgIpc) is 3.25. The molecule has 0 aliphatic carbocycles. The molecule has 0 N–H and O–H groups in total. The van der Waals surface area contributed by atoms with Gasteiger partial charge in [0.15, 0.2) is 0 Å².